The van der Waals surface area contributed by atoms with Crippen molar-refractivity contribution in [2.45, 2.75) is 59.0 Å². The highest BCUT2D eigenvalue weighted by atomic mass is 16.5. The van der Waals surface area contributed by atoms with Crippen LogP contribution in [-0.4, -0.2) is 31.8 Å². The molecule has 1 aromatic carbocycles. The summed E-state index contributed by atoms with van der Waals surface area (Å²) in [5.74, 6) is 0.520. The first-order chi connectivity index (χ1) is 13.3. The maximum atomic E-state index is 12.1. The zero-order valence-electron chi connectivity index (χ0n) is 17.4. The Balaban J connectivity index is 1.79. The third-order valence-electron chi connectivity index (χ3n) is 5.43. The largest absolute Gasteiger partial charge is 0.497 e. The van der Waals surface area contributed by atoms with Gasteiger partial charge in [-0.25, -0.2) is 4.79 Å². The predicted molar refractivity (Wildman–Crippen MR) is 109 cm³/mol. The van der Waals surface area contributed by atoms with Gasteiger partial charge in [-0.05, 0) is 75.6 Å². The molecule has 2 rings (SSSR count). The molecule has 1 aromatic rings. The summed E-state index contributed by atoms with van der Waals surface area (Å²) in [5.41, 5.74) is 0.456. The fourth-order valence-corrected chi connectivity index (χ4v) is 3.12. The molecule has 5 heteroatoms. The lowest BCUT2D eigenvalue weighted by Crippen LogP contribution is -2.31. The average Bonchev–Trinajstić information content (AvgIpc) is 2.71. The topological polar surface area (TPSA) is 61.8 Å². The maximum Gasteiger partial charge on any atom is 0.331 e. The summed E-state index contributed by atoms with van der Waals surface area (Å²) in [7, 11) is 1.62. The van der Waals surface area contributed by atoms with Crippen LogP contribution in [0.5, 0.6) is 5.75 Å². The zero-order chi connectivity index (χ0) is 20.6. The van der Waals surface area contributed by atoms with Gasteiger partial charge in [0.2, 0.25) is 0 Å². The van der Waals surface area contributed by atoms with E-state index in [0.717, 1.165) is 43.4 Å². The summed E-state index contributed by atoms with van der Waals surface area (Å²) >= 11 is 0. The predicted octanol–water partition coefficient (Wildman–Crippen LogP) is 4.79. The van der Waals surface area contributed by atoms with Gasteiger partial charge in [0.05, 0.1) is 19.1 Å². The smallest absolute Gasteiger partial charge is 0.331 e. The van der Waals surface area contributed by atoms with E-state index in [1.807, 2.05) is 45.0 Å². The second kappa shape index (κ2) is 10.3. The molecular weight excluding hydrogens is 356 g/mol. The van der Waals surface area contributed by atoms with Crippen LogP contribution in [0.15, 0.2) is 30.3 Å². The van der Waals surface area contributed by atoms with Crippen LogP contribution in [0.4, 0.5) is 0 Å². The lowest BCUT2D eigenvalue weighted by molar-refractivity contribution is -0.157. The van der Waals surface area contributed by atoms with Gasteiger partial charge in [0.25, 0.3) is 0 Å². The summed E-state index contributed by atoms with van der Waals surface area (Å²) < 4.78 is 16.2. The van der Waals surface area contributed by atoms with Crippen molar-refractivity contribution in [3.05, 3.63) is 35.9 Å². The lowest BCUT2D eigenvalue weighted by Gasteiger charge is -2.29. The van der Waals surface area contributed by atoms with Gasteiger partial charge < -0.3 is 14.2 Å². The molecule has 0 bridgehead atoms. The van der Waals surface area contributed by atoms with E-state index in [0.29, 0.717) is 6.61 Å². The number of hydrogen-bond donors (Lipinski definition) is 0. The van der Waals surface area contributed by atoms with Crippen molar-refractivity contribution in [1.29, 1.82) is 0 Å². The highest BCUT2D eigenvalue weighted by Gasteiger charge is 2.30. The molecule has 0 radical (unpaired) electrons. The molecule has 1 aliphatic carbocycles. The Morgan fingerprint density at radius 2 is 1.89 bits per heavy atom. The number of benzene rings is 1. The van der Waals surface area contributed by atoms with Crippen molar-refractivity contribution in [1.82, 2.24) is 0 Å². The van der Waals surface area contributed by atoms with Crippen molar-refractivity contribution in [3.63, 3.8) is 0 Å². The lowest BCUT2D eigenvalue weighted by atomic mass is 9.87. The minimum absolute atomic E-state index is 0.121. The van der Waals surface area contributed by atoms with E-state index in [-0.39, 0.29) is 24.0 Å². The molecule has 28 heavy (non-hydrogen) atoms. The fraction of sp³-hybridized carbons (Fsp3) is 0.565. The number of rotatable bonds is 8. The molecule has 1 fully saturated rings. The summed E-state index contributed by atoms with van der Waals surface area (Å²) in [6.07, 6.45) is 7.37. The van der Waals surface area contributed by atoms with Crippen molar-refractivity contribution >= 4 is 18.0 Å². The van der Waals surface area contributed by atoms with Crippen LogP contribution >= 0.6 is 0 Å². The Labute approximate surface area is 168 Å². The number of hydrogen-bond acceptors (Lipinski definition) is 5. The molecular formula is C23H32O5. The van der Waals surface area contributed by atoms with Crippen molar-refractivity contribution in [2.75, 3.05) is 13.7 Å². The molecule has 154 valence electrons. The van der Waals surface area contributed by atoms with E-state index in [1.165, 1.54) is 6.08 Å². The second-order valence-electron chi connectivity index (χ2n) is 8.03. The highest BCUT2D eigenvalue weighted by Crippen LogP contribution is 2.28. The van der Waals surface area contributed by atoms with Crippen LogP contribution in [0.25, 0.3) is 6.08 Å². The number of methoxy groups -OCH3 is 1. The van der Waals surface area contributed by atoms with Crippen LogP contribution in [0, 0.1) is 11.3 Å². The Morgan fingerprint density at radius 3 is 2.54 bits per heavy atom. The molecule has 0 N–H and O–H groups in total. The first kappa shape index (κ1) is 22.0. The van der Waals surface area contributed by atoms with E-state index in [2.05, 4.69) is 0 Å². The quantitative estimate of drug-likeness (QED) is 0.473. The van der Waals surface area contributed by atoms with E-state index in [4.69, 9.17) is 14.2 Å². The highest BCUT2D eigenvalue weighted by molar-refractivity contribution is 5.87. The maximum absolute atomic E-state index is 12.1. The third-order valence-corrected chi connectivity index (χ3v) is 5.43. The van der Waals surface area contributed by atoms with Gasteiger partial charge in [0, 0.05) is 6.08 Å². The van der Waals surface area contributed by atoms with E-state index in [9.17, 15) is 9.59 Å². The number of ether oxygens (including phenoxy) is 3. The van der Waals surface area contributed by atoms with Gasteiger partial charge in [0.15, 0.2) is 0 Å². The van der Waals surface area contributed by atoms with Gasteiger partial charge >= 0.3 is 11.9 Å². The van der Waals surface area contributed by atoms with Gasteiger partial charge in [-0.2, -0.15) is 0 Å². The Bertz CT molecular complexity index is 675. The number of carbonyl (C=O) groups excluding carboxylic acids is 2. The fourth-order valence-electron chi connectivity index (χ4n) is 3.12. The summed E-state index contributed by atoms with van der Waals surface area (Å²) in [6, 6.07) is 7.45. The van der Waals surface area contributed by atoms with Gasteiger partial charge in [-0.1, -0.05) is 19.1 Å². The average molecular weight is 389 g/mol. The Hall–Kier alpha value is -2.30. The van der Waals surface area contributed by atoms with E-state index in [1.54, 1.807) is 13.2 Å². The van der Waals surface area contributed by atoms with E-state index < -0.39 is 5.41 Å². The summed E-state index contributed by atoms with van der Waals surface area (Å²) in [5, 5.41) is 0. The second-order valence-corrected chi connectivity index (χ2v) is 8.03. The molecule has 5 nitrogen and oxygen atoms in total. The van der Waals surface area contributed by atoms with Crippen LogP contribution < -0.4 is 4.74 Å². The van der Waals surface area contributed by atoms with Crippen LogP contribution in [0.3, 0.4) is 0 Å². The van der Waals surface area contributed by atoms with Gasteiger partial charge in [-0.3, -0.25) is 4.79 Å². The Morgan fingerprint density at radius 1 is 1.18 bits per heavy atom. The molecule has 0 aliphatic heterocycles. The third kappa shape index (κ3) is 6.70. The molecule has 0 saturated heterocycles. The van der Waals surface area contributed by atoms with Crippen molar-refractivity contribution < 1.29 is 23.8 Å². The van der Waals surface area contributed by atoms with Gasteiger partial charge in [0.1, 0.15) is 11.9 Å². The molecule has 0 spiro atoms. The van der Waals surface area contributed by atoms with Crippen LogP contribution in [0.2, 0.25) is 0 Å². The normalized spacial score (nSPS) is 20.0. The number of esters is 2. The SMILES string of the molecule is CCC(C)(C)C(=O)OCC1CCCC(OC(=O)/C=C/c2ccc(OC)cc2)C1. The van der Waals surface area contributed by atoms with Crippen LogP contribution in [0.1, 0.15) is 58.4 Å². The first-order valence-electron chi connectivity index (χ1n) is 10.0. The van der Waals surface area contributed by atoms with Gasteiger partial charge in [-0.15, -0.1) is 0 Å². The monoisotopic (exact) mass is 388 g/mol. The molecule has 0 aromatic heterocycles. The summed E-state index contributed by atoms with van der Waals surface area (Å²) in [4.78, 5) is 24.3. The molecule has 0 heterocycles. The minimum Gasteiger partial charge on any atom is -0.497 e. The van der Waals surface area contributed by atoms with E-state index >= 15 is 0 Å². The molecule has 2 unspecified atom stereocenters. The van der Waals surface area contributed by atoms with Crippen LogP contribution in [-0.2, 0) is 19.1 Å². The Kier molecular flexibility index (Phi) is 8.09. The first-order valence-corrected chi connectivity index (χ1v) is 10.0. The molecule has 1 saturated carbocycles. The molecule has 1 aliphatic rings. The summed E-state index contributed by atoms with van der Waals surface area (Å²) in [6.45, 7) is 6.18. The number of carbonyl (C=O) groups is 2. The molecule has 2 atom stereocenters. The minimum atomic E-state index is -0.452. The van der Waals surface area contributed by atoms with Crippen molar-refractivity contribution in [3.8, 4) is 5.75 Å². The molecule has 0 amide bonds. The standard InChI is InChI=1S/C23H32O5/c1-5-23(2,3)22(25)27-16-18-7-6-8-20(15-18)28-21(24)14-11-17-9-12-19(26-4)13-10-17/h9-14,18,20H,5-8,15-16H2,1-4H3/b14-11+. The van der Waals surface area contributed by atoms with Crippen molar-refractivity contribution in [2.24, 2.45) is 11.3 Å². The zero-order valence-corrected chi connectivity index (χ0v) is 17.4.